The minimum Gasteiger partial charge on any atom is -0.494 e. The van der Waals surface area contributed by atoms with E-state index in [1.807, 2.05) is 127 Å². The molecule has 0 saturated carbocycles. The van der Waals surface area contributed by atoms with Crippen molar-refractivity contribution < 1.29 is 29.0 Å². The normalized spacial score (nSPS) is 11.7. The Balaban J connectivity index is 0.839. The number of nitrogens with zero attached hydrogens (tertiary/aromatic N) is 9. The van der Waals surface area contributed by atoms with E-state index in [0.29, 0.717) is 56.2 Å². The number of azo groups is 2. The van der Waals surface area contributed by atoms with Crippen LogP contribution in [0.25, 0.3) is 65.2 Å². The van der Waals surface area contributed by atoms with E-state index < -0.39 is 15.8 Å². The van der Waals surface area contributed by atoms with Crippen molar-refractivity contribution in [1.29, 1.82) is 0 Å². The number of aromatic nitrogens is 2. The number of nitro groups is 2. The maximum absolute atomic E-state index is 14.4. The quantitative estimate of drug-likeness (QED) is 0.0529. The van der Waals surface area contributed by atoms with Crippen LogP contribution in [0.3, 0.4) is 0 Å². The van der Waals surface area contributed by atoms with Gasteiger partial charge in [0.2, 0.25) is 0 Å². The molecule has 0 unspecified atom stereocenters. The summed E-state index contributed by atoms with van der Waals surface area (Å²) in [6.45, 7) is 0.0551. The molecule has 10 aromatic carbocycles. The molecule has 2 heterocycles. The van der Waals surface area contributed by atoms with Gasteiger partial charge in [0.15, 0.2) is 11.5 Å². The Morgan fingerprint density at radius 2 is 1.00 bits per heavy atom. The number of methoxy groups -OCH3 is 2. The summed E-state index contributed by atoms with van der Waals surface area (Å²) < 4.78 is 12.2. The Hall–Kier alpha value is -11.1. The first-order valence-electron chi connectivity index (χ1n) is 25.9. The number of amides is 1. The Kier molecular flexibility index (Phi) is 13.4. The third kappa shape index (κ3) is 9.41. The summed E-state index contributed by atoms with van der Waals surface area (Å²) in [4.78, 5) is 53.3. The minimum absolute atomic E-state index is 0.0507. The van der Waals surface area contributed by atoms with E-state index in [-0.39, 0.29) is 29.3 Å². The van der Waals surface area contributed by atoms with Gasteiger partial charge in [0.25, 0.3) is 17.3 Å². The second-order valence-electron chi connectivity index (χ2n) is 19.4. The molecule has 0 aliphatic rings. The van der Waals surface area contributed by atoms with Crippen LogP contribution in [-0.4, -0.2) is 61.1 Å². The van der Waals surface area contributed by atoms with E-state index in [0.717, 1.165) is 65.8 Å². The minimum atomic E-state index is -0.503. The number of benzene rings is 10. The molecule has 0 saturated heterocycles. The van der Waals surface area contributed by atoms with Crippen molar-refractivity contribution in [3.05, 3.63) is 213 Å². The van der Waals surface area contributed by atoms with E-state index >= 15 is 0 Å². The number of hydroxylamine groups is 1. The number of para-hydroxylation sites is 2. The fourth-order valence-corrected chi connectivity index (χ4v) is 10.5. The summed E-state index contributed by atoms with van der Waals surface area (Å²) >= 11 is 0. The molecule has 0 spiro atoms. The molecule has 2 aromatic heterocycles. The van der Waals surface area contributed by atoms with Gasteiger partial charge in [0, 0.05) is 106 Å². The van der Waals surface area contributed by atoms with Crippen molar-refractivity contribution in [2.24, 2.45) is 20.5 Å². The fraction of sp³-hybridized carbons (Fsp3) is 0.0952. The summed E-state index contributed by atoms with van der Waals surface area (Å²) in [6.07, 6.45) is 0. The Morgan fingerprint density at radius 1 is 0.512 bits per heavy atom. The van der Waals surface area contributed by atoms with Crippen LogP contribution in [0.4, 0.5) is 56.9 Å². The van der Waals surface area contributed by atoms with Gasteiger partial charge in [-0.3, -0.25) is 34.9 Å². The van der Waals surface area contributed by atoms with Crippen LogP contribution in [0.2, 0.25) is 0 Å². The summed E-state index contributed by atoms with van der Waals surface area (Å²) in [5.74, 6) is 0.184. The van der Waals surface area contributed by atoms with Crippen LogP contribution in [0.1, 0.15) is 15.9 Å². The lowest BCUT2D eigenvalue weighted by molar-refractivity contribution is -0.385. The molecule has 0 radical (unpaired) electrons. The lowest BCUT2D eigenvalue weighted by atomic mass is 9.99. The largest absolute Gasteiger partial charge is 0.494 e. The van der Waals surface area contributed by atoms with Crippen molar-refractivity contribution in [2.45, 2.75) is 6.61 Å². The van der Waals surface area contributed by atoms with Gasteiger partial charge >= 0.3 is 0 Å². The number of H-pyrrole nitrogens is 2. The maximum Gasteiger partial charge on any atom is 0.271 e. The molecule has 12 rings (SSSR count). The van der Waals surface area contributed by atoms with Crippen molar-refractivity contribution >= 4 is 128 Å². The highest BCUT2D eigenvalue weighted by Gasteiger charge is 2.27. The molecule has 0 bridgehead atoms. The molecule has 19 heteroatoms. The molecule has 82 heavy (non-hydrogen) atoms. The number of nitrogens with one attached hydrogen (secondary N) is 2. The van der Waals surface area contributed by atoms with E-state index in [1.54, 1.807) is 45.5 Å². The van der Waals surface area contributed by atoms with E-state index in [1.165, 1.54) is 47.4 Å². The molecule has 0 atom stereocenters. The summed E-state index contributed by atoms with van der Waals surface area (Å²) in [5, 5.41) is 51.0. The van der Waals surface area contributed by atoms with E-state index in [2.05, 4.69) is 22.1 Å². The number of hydrogen-bond donors (Lipinski definition) is 2. The zero-order valence-corrected chi connectivity index (χ0v) is 44.8. The first-order valence-corrected chi connectivity index (χ1v) is 25.9. The predicted octanol–water partition coefficient (Wildman–Crippen LogP) is 16.5. The van der Waals surface area contributed by atoms with Crippen molar-refractivity contribution in [2.75, 3.05) is 50.2 Å². The van der Waals surface area contributed by atoms with Crippen LogP contribution in [0.15, 0.2) is 202 Å². The summed E-state index contributed by atoms with van der Waals surface area (Å²) in [7, 11) is 8.25. The first kappa shape index (κ1) is 51.7. The molecular weight excluding hydrogens is 1040 g/mol. The van der Waals surface area contributed by atoms with Crippen LogP contribution in [0, 0.1) is 20.2 Å². The van der Waals surface area contributed by atoms with E-state index in [9.17, 15) is 25.0 Å². The number of hydrogen-bond acceptors (Lipinski definition) is 14. The highest BCUT2D eigenvalue weighted by Crippen LogP contribution is 2.47. The third-order valence-corrected chi connectivity index (χ3v) is 14.7. The third-order valence-electron chi connectivity index (χ3n) is 14.7. The molecule has 2 N–H and O–H groups in total. The average molecular weight is 1090 g/mol. The van der Waals surface area contributed by atoms with Gasteiger partial charge in [0.1, 0.15) is 18.0 Å². The molecule has 0 fully saturated rings. The first-order chi connectivity index (χ1) is 39.9. The van der Waals surface area contributed by atoms with Crippen molar-refractivity contribution in [1.82, 2.24) is 9.97 Å². The molecule has 0 aliphatic heterocycles. The van der Waals surface area contributed by atoms with Crippen LogP contribution >= 0.6 is 0 Å². The molecule has 1 amide bonds. The monoisotopic (exact) mass is 1090 g/mol. The fourth-order valence-electron chi connectivity index (χ4n) is 10.5. The van der Waals surface area contributed by atoms with Crippen LogP contribution < -0.4 is 24.3 Å². The van der Waals surface area contributed by atoms with Crippen molar-refractivity contribution in [3.8, 4) is 11.5 Å². The summed E-state index contributed by atoms with van der Waals surface area (Å²) in [5.41, 5.74) is 8.79. The number of carbonyl (C=O) groups is 1. The van der Waals surface area contributed by atoms with Gasteiger partial charge < -0.3 is 29.2 Å². The molecule has 0 aliphatic carbocycles. The average Bonchev–Trinajstić information content (AvgIpc) is 4.28. The van der Waals surface area contributed by atoms with Gasteiger partial charge in [-0.25, -0.2) is 0 Å². The Labute approximate surface area is 467 Å². The maximum atomic E-state index is 14.4. The lowest BCUT2D eigenvalue weighted by Gasteiger charge is -2.20. The second kappa shape index (κ2) is 21.3. The number of ether oxygens (including phenoxy) is 2. The molecule has 404 valence electrons. The van der Waals surface area contributed by atoms with Crippen molar-refractivity contribution in [3.63, 3.8) is 0 Å². The van der Waals surface area contributed by atoms with Crippen LogP contribution in [0.5, 0.6) is 11.5 Å². The predicted molar refractivity (Wildman–Crippen MR) is 321 cm³/mol. The number of rotatable bonds is 16. The standard InChI is InChI=1S/C63H49N11O8/c1-70(42-26-22-40(23-27-42)66-68-59-55-37(20-30-50-48-16-6-8-18-53(48)64-57(50)55)32-39(61(59)80-4)36-82-72(3)45-13-11-15-47(35-45)74(78)79)43-28-24-41(25-29-43)67-69-60-56-38(21-31-51-49-17-7-9-19-54(49)65-58(51)56)33-52(62(60)81-5)63(75)71(2)44-12-10-14-46(34-44)73(76)77/h6-35,64-65H,36H2,1-5H3. The van der Waals surface area contributed by atoms with Gasteiger partial charge in [-0.2, -0.15) is 10.2 Å². The number of aromatic amines is 2. The van der Waals surface area contributed by atoms with Gasteiger partial charge in [-0.05, 0) is 95.7 Å². The molecule has 19 nitrogen and oxygen atoms in total. The SMILES string of the molecule is COc1c(CON(C)c2cccc([N+](=O)[O-])c2)cc2ccc3c4ccccc4[nH]c3c2c1N=Nc1ccc(N(C)c2ccc(N=Nc3c(OC)c(C(=O)N(C)c4cccc([N+](=O)[O-])c4)cc4ccc5c6ccccc6[nH]c5c34)cc2)cc1. The second-order valence-corrected chi connectivity index (χ2v) is 19.4. The van der Waals surface area contributed by atoms with Crippen LogP contribution in [-0.2, 0) is 11.4 Å². The number of fused-ring (bicyclic) bond motifs is 10. The molecular formula is C63H49N11O8. The highest BCUT2D eigenvalue weighted by molar-refractivity contribution is 6.23. The number of carbonyl (C=O) groups excluding carboxylic acids is 1. The summed E-state index contributed by atoms with van der Waals surface area (Å²) in [6, 6.07) is 55.2. The zero-order valence-electron chi connectivity index (χ0n) is 44.8. The Bertz CT molecular complexity index is 4590. The molecule has 12 aromatic rings. The zero-order chi connectivity index (χ0) is 56.8. The van der Waals surface area contributed by atoms with Gasteiger partial charge in [-0.1, -0.05) is 72.8 Å². The number of non-ortho nitro benzene ring substituents is 2. The lowest BCUT2D eigenvalue weighted by Crippen LogP contribution is -2.26. The smallest absolute Gasteiger partial charge is 0.271 e. The number of anilines is 4. The van der Waals surface area contributed by atoms with E-state index in [4.69, 9.17) is 34.8 Å². The Morgan fingerprint density at radius 3 is 1.52 bits per heavy atom. The highest BCUT2D eigenvalue weighted by atomic mass is 16.7. The van der Waals surface area contributed by atoms with Gasteiger partial charge in [0.05, 0.1) is 63.4 Å². The topological polar surface area (TPSA) is 222 Å². The number of nitro benzene ring substituents is 2. The van der Waals surface area contributed by atoms with Gasteiger partial charge in [-0.15, -0.1) is 10.2 Å².